The third-order valence-electron chi connectivity index (χ3n) is 3.35. The van der Waals surface area contributed by atoms with Gasteiger partial charge in [-0.3, -0.25) is 0 Å². The molecule has 0 spiro atoms. The summed E-state index contributed by atoms with van der Waals surface area (Å²) in [5.41, 5.74) is 1.64. The van der Waals surface area contributed by atoms with Crippen molar-refractivity contribution in [3.63, 3.8) is 0 Å². The molecule has 0 bridgehead atoms. The highest BCUT2D eigenvalue weighted by Gasteiger charge is 2.18. The highest BCUT2D eigenvalue weighted by atomic mass is 32.1. The summed E-state index contributed by atoms with van der Waals surface area (Å²) in [5.74, 6) is -0.347. The first kappa shape index (κ1) is 13.9. The van der Waals surface area contributed by atoms with E-state index < -0.39 is 0 Å². The highest BCUT2D eigenvalue weighted by Crippen LogP contribution is 2.30. The first-order valence-corrected chi connectivity index (χ1v) is 7.39. The van der Waals surface area contributed by atoms with Crippen molar-refractivity contribution in [1.82, 2.24) is 4.57 Å². The number of methoxy groups -OCH3 is 1. The zero-order chi connectivity index (χ0) is 14.8. The zero-order valence-electron chi connectivity index (χ0n) is 11.6. The van der Waals surface area contributed by atoms with Crippen LogP contribution in [-0.4, -0.2) is 22.8 Å². The molecule has 21 heavy (non-hydrogen) atoms. The van der Waals surface area contributed by atoms with Crippen molar-refractivity contribution in [2.45, 2.75) is 13.2 Å². The quantitative estimate of drug-likeness (QED) is 0.754. The maximum absolute atomic E-state index is 12.0. The molecule has 2 aromatic heterocycles. The summed E-state index contributed by atoms with van der Waals surface area (Å²) in [6, 6.07) is 13.7. The lowest BCUT2D eigenvalue weighted by atomic mass is 10.2. The van der Waals surface area contributed by atoms with Gasteiger partial charge in [0.25, 0.3) is 0 Å². The van der Waals surface area contributed by atoms with Gasteiger partial charge in [-0.1, -0.05) is 30.3 Å². The number of aliphatic hydroxyl groups excluding tert-OH is 1. The van der Waals surface area contributed by atoms with Crippen LogP contribution in [0.4, 0.5) is 0 Å². The van der Waals surface area contributed by atoms with Gasteiger partial charge >= 0.3 is 5.97 Å². The topological polar surface area (TPSA) is 51.5 Å². The van der Waals surface area contributed by atoms with E-state index in [4.69, 9.17) is 4.74 Å². The van der Waals surface area contributed by atoms with Crippen molar-refractivity contribution in [2.75, 3.05) is 7.11 Å². The molecule has 0 fully saturated rings. The number of fused-ring (bicyclic) bond motifs is 1. The van der Waals surface area contributed by atoms with Gasteiger partial charge in [0.05, 0.1) is 13.7 Å². The Balaban J connectivity index is 2.11. The number of nitrogens with zero attached hydrogens (tertiary/aromatic N) is 1. The fourth-order valence-corrected chi connectivity index (χ4v) is 3.38. The average Bonchev–Trinajstić information content (AvgIpc) is 3.06. The van der Waals surface area contributed by atoms with Crippen LogP contribution < -0.4 is 0 Å². The largest absolute Gasteiger partial charge is 0.464 e. The van der Waals surface area contributed by atoms with Crippen molar-refractivity contribution in [2.24, 2.45) is 0 Å². The van der Waals surface area contributed by atoms with Gasteiger partial charge in [-0.15, -0.1) is 11.3 Å². The molecule has 0 unspecified atom stereocenters. The minimum Gasteiger partial charge on any atom is -0.464 e. The molecule has 0 aliphatic carbocycles. The fourth-order valence-electron chi connectivity index (χ4n) is 2.37. The van der Waals surface area contributed by atoms with E-state index in [1.54, 1.807) is 0 Å². The monoisotopic (exact) mass is 301 g/mol. The fraction of sp³-hybridized carbons (Fsp3) is 0.188. The van der Waals surface area contributed by atoms with E-state index in [1.165, 1.54) is 18.4 Å². The molecule has 0 saturated heterocycles. The molecule has 0 atom stereocenters. The Morgan fingerprint density at radius 3 is 2.71 bits per heavy atom. The average molecular weight is 301 g/mol. The summed E-state index contributed by atoms with van der Waals surface area (Å²) >= 11 is 1.50. The van der Waals surface area contributed by atoms with Crippen LogP contribution in [0.1, 0.15) is 20.9 Å². The molecule has 2 heterocycles. The lowest BCUT2D eigenvalue weighted by Crippen LogP contribution is -2.11. The van der Waals surface area contributed by atoms with Crippen molar-refractivity contribution in [3.05, 3.63) is 58.6 Å². The summed E-state index contributed by atoms with van der Waals surface area (Å²) in [6.07, 6.45) is 0. The summed E-state index contributed by atoms with van der Waals surface area (Å²) in [7, 11) is 1.38. The van der Waals surface area contributed by atoms with E-state index in [-0.39, 0.29) is 12.6 Å². The smallest absolute Gasteiger partial charge is 0.354 e. The Kier molecular flexibility index (Phi) is 3.77. The van der Waals surface area contributed by atoms with Crippen molar-refractivity contribution in [1.29, 1.82) is 0 Å². The van der Waals surface area contributed by atoms with Crippen LogP contribution in [0.2, 0.25) is 0 Å². The van der Waals surface area contributed by atoms with Gasteiger partial charge in [-0.05, 0) is 17.7 Å². The zero-order valence-corrected chi connectivity index (χ0v) is 12.4. The van der Waals surface area contributed by atoms with Gasteiger partial charge in [0.2, 0.25) is 0 Å². The van der Waals surface area contributed by atoms with Gasteiger partial charge in [0, 0.05) is 16.8 Å². The summed E-state index contributed by atoms with van der Waals surface area (Å²) in [6.45, 7) is 0.610. The highest BCUT2D eigenvalue weighted by molar-refractivity contribution is 7.18. The van der Waals surface area contributed by atoms with Crippen LogP contribution in [0.5, 0.6) is 0 Å². The third-order valence-corrected chi connectivity index (χ3v) is 4.51. The number of hydrogen-bond donors (Lipinski definition) is 1. The molecule has 5 heteroatoms. The second kappa shape index (κ2) is 5.71. The van der Waals surface area contributed by atoms with Gasteiger partial charge in [0.15, 0.2) is 0 Å². The summed E-state index contributed by atoms with van der Waals surface area (Å²) in [5, 5.41) is 10.2. The number of rotatable bonds is 4. The second-order valence-electron chi connectivity index (χ2n) is 4.72. The molecule has 0 aliphatic rings. The number of esters is 1. The molecule has 1 N–H and O–H groups in total. The SMILES string of the molecule is COC(=O)c1cc2cc(CO)sc2n1Cc1ccccc1. The first-order valence-electron chi connectivity index (χ1n) is 6.58. The van der Waals surface area contributed by atoms with E-state index in [1.807, 2.05) is 47.0 Å². The lowest BCUT2D eigenvalue weighted by molar-refractivity contribution is 0.0589. The maximum atomic E-state index is 12.0. The molecule has 0 radical (unpaired) electrons. The van der Waals surface area contributed by atoms with E-state index in [2.05, 4.69) is 0 Å². The predicted molar refractivity (Wildman–Crippen MR) is 82.6 cm³/mol. The maximum Gasteiger partial charge on any atom is 0.354 e. The summed E-state index contributed by atoms with van der Waals surface area (Å²) in [4.78, 5) is 13.8. The number of ether oxygens (including phenoxy) is 1. The minimum absolute atomic E-state index is 0.0121. The van der Waals surface area contributed by atoms with Gasteiger partial charge < -0.3 is 14.4 Å². The van der Waals surface area contributed by atoms with Crippen LogP contribution >= 0.6 is 11.3 Å². The Hall–Kier alpha value is -2.11. The van der Waals surface area contributed by atoms with Gasteiger partial charge in [-0.25, -0.2) is 4.79 Å². The number of carbonyl (C=O) groups is 1. The van der Waals surface area contributed by atoms with Gasteiger partial charge in [0.1, 0.15) is 10.5 Å². The summed E-state index contributed by atoms with van der Waals surface area (Å²) < 4.78 is 6.81. The van der Waals surface area contributed by atoms with Crippen LogP contribution in [-0.2, 0) is 17.9 Å². The van der Waals surface area contributed by atoms with Crippen LogP contribution in [0.25, 0.3) is 10.2 Å². The Morgan fingerprint density at radius 2 is 2.05 bits per heavy atom. The molecule has 3 rings (SSSR count). The molecule has 3 aromatic rings. The van der Waals surface area contributed by atoms with E-state index in [0.29, 0.717) is 12.2 Å². The third kappa shape index (κ3) is 2.57. The van der Waals surface area contributed by atoms with Crippen molar-refractivity contribution in [3.8, 4) is 0 Å². The number of aliphatic hydroxyl groups is 1. The molecule has 4 nitrogen and oxygen atoms in total. The van der Waals surface area contributed by atoms with E-state index in [9.17, 15) is 9.90 Å². The second-order valence-corrected chi connectivity index (χ2v) is 5.84. The van der Waals surface area contributed by atoms with Crippen LogP contribution in [0.3, 0.4) is 0 Å². The van der Waals surface area contributed by atoms with E-state index in [0.717, 1.165) is 20.7 Å². The number of thiophene rings is 1. The molecule has 108 valence electrons. The molecule has 0 saturated carbocycles. The molecule has 0 amide bonds. The van der Waals surface area contributed by atoms with E-state index >= 15 is 0 Å². The number of aromatic nitrogens is 1. The van der Waals surface area contributed by atoms with Crippen LogP contribution in [0.15, 0.2) is 42.5 Å². The Bertz CT molecular complexity index is 774. The molecule has 0 aliphatic heterocycles. The first-order chi connectivity index (χ1) is 10.2. The molecular formula is C16H15NO3S. The molecule has 1 aromatic carbocycles. The lowest BCUT2D eigenvalue weighted by Gasteiger charge is -2.08. The number of hydrogen-bond acceptors (Lipinski definition) is 4. The number of carbonyl (C=O) groups excluding carboxylic acids is 1. The van der Waals surface area contributed by atoms with Crippen LogP contribution in [0, 0.1) is 0 Å². The normalized spacial score (nSPS) is 11.0. The predicted octanol–water partition coefficient (Wildman–Crippen LogP) is 3.03. The molecular weight excluding hydrogens is 286 g/mol. The van der Waals surface area contributed by atoms with Gasteiger partial charge in [-0.2, -0.15) is 0 Å². The van der Waals surface area contributed by atoms with Crippen molar-refractivity contribution < 1.29 is 14.6 Å². The Labute approximate surface area is 126 Å². The minimum atomic E-state index is -0.347. The van der Waals surface area contributed by atoms with Crippen molar-refractivity contribution >= 4 is 27.5 Å². The Morgan fingerprint density at radius 1 is 1.29 bits per heavy atom. The standard InChI is InChI=1S/C16H15NO3S/c1-20-16(19)14-8-12-7-13(10-18)21-15(12)17(14)9-11-5-3-2-4-6-11/h2-8,18H,9-10H2,1H3. The number of benzene rings is 1.